The Labute approximate surface area is 114 Å². The SMILES string of the molecule is CCCN(C(=O)c1ccc(Br)cc1F)C1CNC1. The smallest absolute Gasteiger partial charge is 0.257 e. The maximum Gasteiger partial charge on any atom is 0.257 e. The summed E-state index contributed by atoms with van der Waals surface area (Å²) in [6, 6.07) is 4.76. The summed E-state index contributed by atoms with van der Waals surface area (Å²) in [7, 11) is 0. The van der Waals surface area contributed by atoms with Gasteiger partial charge in [-0.25, -0.2) is 4.39 Å². The van der Waals surface area contributed by atoms with Crippen LogP contribution in [0, 0.1) is 5.82 Å². The van der Waals surface area contributed by atoms with Gasteiger partial charge in [0.2, 0.25) is 0 Å². The maximum absolute atomic E-state index is 13.8. The highest BCUT2D eigenvalue weighted by Crippen LogP contribution is 2.19. The van der Waals surface area contributed by atoms with Gasteiger partial charge in [0.15, 0.2) is 0 Å². The quantitative estimate of drug-likeness (QED) is 0.925. The van der Waals surface area contributed by atoms with Crippen molar-refractivity contribution in [3.05, 3.63) is 34.1 Å². The van der Waals surface area contributed by atoms with Gasteiger partial charge in [-0.1, -0.05) is 22.9 Å². The molecule has 1 aromatic rings. The van der Waals surface area contributed by atoms with Gasteiger partial charge in [0.1, 0.15) is 5.82 Å². The number of benzene rings is 1. The van der Waals surface area contributed by atoms with E-state index < -0.39 is 5.82 Å². The molecule has 18 heavy (non-hydrogen) atoms. The summed E-state index contributed by atoms with van der Waals surface area (Å²) in [5.41, 5.74) is 0.151. The fraction of sp³-hybridized carbons (Fsp3) is 0.462. The van der Waals surface area contributed by atoms with Crippen LogP contribution in [-0.2, 0) is 0 Å². The molecule has 0 saturated carbocycles. The molecule has 0 spiro atoms. The standard InChI is InChI=1S/C13H16BrFN2O/c1-2-5-17(10-7-16-8-10)13(18)11-4-3-9(14)6-12(11)15/h3-4,6,10,16H,2,5,7-8H2,1H3. The topological polar surface area (TPSA) is 32.3 Å². The van der Waals surface area contributed by atoms with Crippen molar-refractivity contribution in [2.75, 3.05) is 19.6 Å². The molecule has 1 aliphatic heterocycles. The molecule has 1 amide bonds. The zero-order valence-corrected chi connectivity index (χ0v) is 11.8. The first kappa shape index (κ1) is 13.5. The van der Waals surface area contributed by atoms with E-state index in [0.29, 0.717) is 11.0 Å². The number of halogens is 2. The second-order valence-corrected chi connectivity index (χ2v) is 5.35. The van der Waals surface area contributed by atoms with E-state index >= 15 is 0 Å². The average molecular weight is 315 g/mol. The molecule has 0 aliphatic carbocycles. The van der Waals surface area contributed by atoms with E-state index in [1.54, 1.807) is 11.0 Å². The van der Waals surface area contributed by atoms with Gasteiger partial charge in [0.05, 0.1) is 11.6 Å². The van der Waals surface area contributed by atoms with Crippen molar-refractivity contribution in [2.24, 2.45) is 0 Å². The van der Waals surface area contributed by atoms with E-state index in [2.05, 4.69) is 21.2 Å². The van der Waals surface area contributed by atoms with Gasteiger partial charge in [-0.2, -0.15) is 0 Å². The summed E-state index contributed by atoms with van der Waals surface area (Å²) >= 11 is 3.19. The van der Waals surface area contributed by atoms with Crippen LogP contribution in [0.5, 0.6) is 0 Å². The van der Waals surface area contributed by atoms with Gasteiger partial charge < -0.3 is 10.2 Å². The van der Waals surface area contributed by atoms with Crippen LogP contribution in [0.1, 0.15) is 23.7 Å². The monoisotopic (exact) mass is 314 g/mol. The maximum atomic E-state index is 13.8. The van der Waals surface area contributed by atoms with Crippen LogP contribution >= 0.6 is 15.9 Å². The second-order valence-electron chi connectivity index (χ2n) is 4.43. The molecule has 5 heteroatoms. The summed E-state index contributed by atoms with van der Waals surface area (Å²) in [6.45, 7) is 4.28. The lowest BCUT2D eigenvalue weighted by Gasteiger charge is -2.38. The lowest BCUT2D eigenvalue weighted by molar-refractivity contribution is 0.0611. The molecule has 1 aromatic carbocycles. The van der Waals surface area contributed by atoms with Gasteiger partial charge in [0, 0.05) is 24.1 Å². The van der Waals surface area contributed by atoms with Gasteiger partial charge in [-0.05, 0) is 24.6 Å². The third-order valence-corrected chi connectivity index (χ3v) is 3.58. The Morgan fingerprint density at radius 2 is 2.28 bits per heavy atom. The first-order chi connectivity index (χ1) is 8.63. The number of carbonyl (C=O) groups excluding carboxylic acids is 1. The van der Waals surface area contributed by atoms with Crippen molar-refractivity contribution in [1.82, 2.24) is 10.2 Å². The van der Waals surface area contributed by atoms with E-state index in [-0.39, 0.29) is 17.5 Å². The molecule has 1 saturated heterocycles. The Morgan fingerprint density at radius 3 is 2.78 bits per heavy atom. The molecule has 2 rings (SSSR count). The minimum atomic E-state index is -0.470. The molecule has 0 radical (unpaired) electrons. The van der Waals surface area contributed by atoms with Crippen LogP contribution in [-0.4, -0.2) is 36.5 Å². The zero-order valence-electron chi connectivity index (χ0n) is 10.2. The highest BCUT2D eigenvalue weighted by Gasteiger charge is 2.29. The van der Waals surface area contributed by atoms with Crippen LogP contribution < -0.4 is 5.32 Å². The molecule has 0 atom stereocenters. The van der Waals surface area contributed by atoms with Crippen LogP contribution in [0.2, 0.25) is 0 Å². The highest BCUT2D eigenvalue weighted by molar-refractivity contribution is 9.10. The van der Waals surface area contributed by atoms with Crippen LogP contribution in [0.3, 0.4) is 0 Å². The van der Waals surface area contributed by atoms with Crippen LogP contribution in [0.4, 0.5) is 4.39 Å². The first-order valence-electron chi connectivity index (χ1n) is 6.10. The summed E-state index contributed by atoms with van der Waals surface area (Å²) in [5, 5.41) is 3.14. The Kier molecular flexibility index (Phi) is 4.35. The van der Waals surface area contributed by atoms with Crippen LogP contribution in [0.25, 0.3) is 0 Å². The van der Waals surface area contributed by atoms with Gasteiger partial charge in [0.25, 0.3) is 5.91 Å². The van der Waals surface area contributed by atoms with E-state index in [4.69, 9.17) is 0 Å². The lowest BCUT2D eigenvalue weighted by Crippen LogP contribution is -2.59. The van der Waals surface area contributed by atoms with Gasteiger partial charge in [-0.3, -0.25) is 4.79 Å². The molecule has 3 nitrogen and oxygen atoms in total. The van der Waals surface area contributed by atoms with E-state index in [1.165, 1.54) is 12.1 Å². The number of nitrogens with one attached hydrogen (secondary N) is 1. The van der Waals surface area contributed by atoms with E-state index in [1.807, 2.05) is 6.92 Å². The lowest BCUT2D eigenvalue weighted by atomic mass is 10.1. The largest absolute Gasteiger partial charge is 0.333 e. The molecule has 98 valence electrons. The van der Waals surface area contributed by atoms with Crippen molar-refractivity contribution in [3.8, 4) is 0 Å². The number of hydrogen-bond acceptors (Lipinski definition) is 2. The van der Waals surface area contributed by atoms with Gasteiger partial charge >= 0.3 is 0 Å². The molecule has 0 unspecified atom stereocenters. The summed E-state index contributed by atoms with van der Waals surface area (Å²) < 4.78 is 14.4. The van der Waals surface area contributed by atoms with Crippen molar-refractivity contribution < 1.29 is 9.18 Å². The van der Waals surface area contributed by atoms with Crippen molar-refractivity contribution in [3.63, 3.8) is 0 Å². The minimum absolute atomic E-state index is 0.151. The fourth-order valence-electron chi connectivity index (χ4n) is 2.00. The highest BCUT2D eigenvalue weighted by atomic mass is 79.9. The first-order valence-corrected chi connectivity index (χ1v) is 6.89. The molecular weight excluding hydrogens is 299 g/mol. The predicted octanol–water partition coefficient (Wildman–Crippen LogP) is 2.41. The van der Waals surface area contributed by atoms with E-state index in [0.717, 1.165) is 19.5 Å². The fourth-order valence-corrected chi connectivity index (χ4v) is 2.34. The van der Waals surface area contributed by atoms with Crippen molar-refractivity contribution in [2.45, 2.75) is 19.4 Å². The molecule has 1 heterocycles. The zero-order chi connectivity index (χ0) is 13.1. The number of nitrogens with zero attached hydrogens (tertiary/aromatic N) is 1. The average Bonchev–Trinajstić information content (AvgIpc) is 2.25. The minimum Gasteiger partial charge on any atom is -0.333 e. The van der Waals surface area contributed by atoms with Gasteiger partial charge in [-0.15, -0.1) is 0 Å². The number of carbonyl (C=O) groups is 1. The Morgan fingerprint density at radius 1 is 1.56 bits per heavy atom. The normalized spacial score (nSPS) is 15.3. The third kappa shape index (κ3) is 2.72. The molecule has 1 aliphatic rings. The summed E-state index contributed by atoms with van der Waals surface area (Å²) in [6.07, 6.45) is 0.875. The molecular formula is C13H16BrFN2O. The molecule has 0 bridgehead atoms. The number of rotatable bonds is 4. The second kappa shape index (κ2) is 5.80. The number of hydrogen-bond donors (Lipinski definition) is 1. The molecule has 1 N–H and O–H groups in total. The summed E-state index contributed by atoms with van der Waals surface area (Å²) in [4.78, 5) is 14.1. The Bertz CT molecular complexity index is 449. The third-order valence-electron chi connectivity index (χ3n) is 3.09. The van der Waals surface area contributed by atoms with E-state index in [9.17, 15) is 9.18 Å². The van der Waals surface area contributed by atoms with Crippen LogP contribution in [0.15, 0.2) is 22.7 Å². The molecule has 0 aromatic heterocycles. The molecule has 1 fully saturated rings. The van der Waals surface area contributed by atoms with Crippen molar-refractivity contribution in [1.29, 1.82) is 0 Å². The predicted molar refractivity (Wildman–Crippen MR) is 72.1 cm³/mol. The number of amides is 1. The Hall–Kier alpha value is -0.940. The Balaban J connectivity index is 2.21. The summed E-state index contributed by atoms with van der Waals surface area (Å²) in [5.74, 6) is -0.684. The van der Waals surface area contributed by atoms with Crippen molar-refractivity contribution >= 4 is 21.8 Å².